The fraction of sp³-hybridized carbons (Fsp3) is 0.902. The van der Waals surface area contributed by atoms with Gasteiger partial charge in [0.2, 0.25) is 18.2 Å². The zero-order valence-electron chi connectivity index (χ0n) is 40.1. The molecule has 27 atom stereocenters. The lowest BCUT2D eigenvalue weighted by Gasteiger charge is -2.50. The molecule has 75 heavy (non-hydrogen) atoms. The normalized spacial score (nSPS) is 43.7. The SMILES string of the molecule is CC(=O)N[C@H]1[C@H](O[C@H]2[C@@H](O)[C@@H](CO)O[C@H](O[C@@H]3[C@H](O)[C@@H](O)[C@H](O[C@H]4[C@H](O)[C@@H](O)[C@H](OC[C@@H](CO)NC=O)O[C@@H]4CO)O[C@@H]3CO)[C@@H]2O)O[C@H](CO[C@]2(C(=O)O)C[C@H](O)[C@@H](NC(C)=O)[C@H]([C@H](O)[C@H](O)CO)O2)[C@H](O)[C@@H]1O. The van der Waals surface area contributed by atoms with Gasteiger partial charge in [-0.15, -0.1) is 0 Å². The quantitative estimate of drug-likeness (QED) is 0.0399. The Kier molecular flexibility index (Phi) is 23.1. The number of ether oxygens (including phenoxy) is 10. The van der Waals surface area contributed by atoms with Gasteiger partial charge >= 0.3 is 5.97 Å². The number of aliphatic carboxylic acids is 1. The second-order valence-electron chi connectivity index (χ2n) is 18.4. The standard InChI is InChI=1S/C41H69N3O31/c1-12(51)43-21-15(53)3-41(40(64)65,75-34(21)23(55)16(54)5-46)67-10-20-24(56)26(58)22(44-13(2)52)36(71-20)74-35-25(57)17(6-47)68-39(31(35)63)73-33-19(8-49)70-38(30(62)28(33)60)72-32-18(7-48)69-37(29(61)27(32)59)66-9-14(4-45)42-11-50/h11,14-39,45-49,53-63H,3-10H2,1-2H3,(H,42,50)(H,43,51)(H,44,52)(H,64,65)/t14-,15+,16-,17-,18-,19-,20-,21-,22-,23-,24+,25+,26-,27-,28-,29-,30-,31-,32-,33+,34-,35+,36+,37-,38+,39-,41-/m1/s1. The molecule has 0 bridgehead atoms. The predicted molar refractivity (Wildman–Crippen MR) is 231 cm³/mol. The van der Waals surface area contributed by atoms with Gasteiger partial charge in [-0.25, -0.2) is 4.79 Å². The molecule has 5 rings (SSSR count). The maximum atomic E-state index is 12.8. The molecule has 3 amide bonds. The van der Waals surface area contributed by atoms with Crippen LogP contribution in [0.3, 0.4) is 0 Å². The van der Waals surface area contributed by atoms with Crippen molar-refractivity contribution >= 4 is 24.2 Å². The number of hydrogen-bond donors (Lipinski definition) is 20. The summed E-state index contributed by atoms with van der Waals surface area (Å²) in [6.07, 6.45) is -46.1. The first-order chi connectivity index (χ1) is 35.4. The van der Waals surface area contributed by atoms with Crippen molar-refractivity contribution in [1.29, 1.82) is 0 Å². The van der Waals surface area contributed by atoms with E-state index >= 15 is 0 Å². The number of carboxylic acids is 1. The maximum Gasteiger partial charge on any atom is 0.364 e. The number of carboxylic acid groups (broad SMARTS) is 1. The molecular formula is C41H69N3O31. The summed E-state index contributed by atoms with van der Waals surface area (Å²) in [5, 5.41) is 188. The number of carbonyl (C=O) groups is 4. The van der Waals surface area contributed by atoms with Gasteiger partial charge < -0.3 is 150 Å². The number of aliphatic hydroxyl groups excluding tert-OH is 16. The summed E-state index contributed by atoms with van der Waals surface area (Å²) in [4.78, 5) is 47.9. The van der Waals surface area contributed by atoms with Crippen molar-refractivity contribution in [3.8, 4) is 0 Å². The lowest BCUT2D eigenvalue weighted by atomic mass is 9.88. The number of carbonyl (C=O) groups excluding carboxylic acids is 3. The van der Waals surface area contributed by atoms with E-state index in [-0.39, 0.29) is 6.41 Å². The van der Waals surface area contributed by atoms with E-state index in [9.17, 15) is 106 Å². The number of hydrogen-bond acceptors (Lipinski definition) is 30. The lowest BCUT2D eigenvalue weighted by Crippen LogP contribution is -2.70. The first-order valence-electron chi connectivity index (χ1n) is 23.4. The molecular weight excluding hydrogens is 1030 g/mol. The fourth-order valence-electron chi connectivity index (χ4n) is 9.01. The Bertz CT molecular complexity index is 1830. The summed E-state index contributed by atoms with van der Waals surface area (Å²) in [6, 6.07) is -4.34. The molecule has 0 aliphatic carbocycles. The summed E-state index contributed by atoms with van der Waals surface area (Å²) in [6.45, 7) is -4.25. The second kappa shape index (κ2) is 27.6. The minimum Gasteiger partial charge on any atom is -0.477 e. The van der Waals surface area contributed by atoms with Crippen LogP contribution in [-0.4, -0.2) is 322 Å². The van der Waals surface area contributed by atoms with Gasteiger partial charge in [0.15, 0.2) is 25.2 Å². The maximum absolute atomic E-state index is 12.8. The molecule has 5 aliphatic rings. The van der Waals surface area contributed by atoms with E-state index in [4.69, 9.17) is 47.4 Å². The van der Waals surface area contributed by atoms with Gasteiger partial charge in [0.05, 0.1) is 64.4 Å². The molecule has 0 saturated carbocycles. The molecule has 5 saturated heterocycles. The summed E-state index contributed by atoms with van der Waals surface area (Å²) in [5.41, 5.74) is 0. The molecule has 0 aromatic heterocycles. The molecule has 434 valence electrons. The molecule has 0 aromatic rings. The highest BCUT2D eigenvalue weighted by molar-refractivity contribution is 5.76. The highest BCUT2D eigenvalue weighted by atomic mass is 16.8. The van der Waals surface area contributed by atoms with Crippen LogP contribution >= 0.6 is 0 Å². The van der Waals surface area contributed by atoms with Gasteiger partial charge in [-0.3, -0.25) is 14.4 Å². The van der Waals surface area contributed by atoms with Crippen molar-refractivity contribution in [2.24, 2.45) is 0 Å². The summed E-state index contributed by atoms with van der Waals surface area (Å²) < 4.78 is 56.4. The third kappa shape index (κ3) is 14.4. The smallest absolute Gasteiger partial charge is 0.364 e. The van der Waals surface area contributed by atoms with Crippen LogP contribution < -0.4 is 16.0 Å². The van der Waals surface area contributed by atoms with Crippen LogP contribution in [0.15, 0.2) is 0 Å². The lowest BCUT2D eigenvalue weighted by molar-refractivity contribution is -0.387. The molecule has 5 aliphatic heterocycles. The third-order valence-corrected chi connectivity index (χ3v) is 13.1. The number of nitrogens with one attached hydrogen (secondary N) is 3. The highest BCUT2D eigenvalue weighted by Gasteiger charge is 2.59. The number of rotatable bonds is 24. The molecule has 0 spiro atoms. The summed E-state index contributed by atoms with van der Waals surface area (Å²) in [7, 11) is 0. The van der Waals surface area contributed by atoms with Crippen LogP contribution in [0.1, 0.15) is 20.3 Å². The van der Waals surface area contributed by atoms with E-state index in [2.05, 4.69) is 16.0 Å². The Morgan fingerprint density at radius 3 is 1.64 bits per heavy atom. The van der Waals surface area contributed by atoms with Crippen molar-refractivity contribution in [3.05, 3.63) is 0 Å². The molecule has 5 heterocycles. The predicted octanol–water partition coefficient (Wildman–Crippen LogP) is -13.3. The average molecular weight is 1100 g/mol. The minimum atomic E-state index is -2.99. The van der Waals surface area contributed by atoms with Crippen molar-refractivity contribution < 1.29 is 153 Å². The van der Waals surface area contributed by atoms with Crippen LogP contribution in [0.5, 0.6) is 0 Å². The van der Waals surface area contributed by atoms with Crippen molar-refractivity contribution in [1.82, 2.24) is 16.0 Å². The van der Waals surface area contributed by atoms with Gasteiger partial charge in [-0.2, -0.15) is 0 Å². The third-order valence-electron chi connectivity index (χ3n) is 13.1. The Labute approximate surface area is 424 Å². The van der Waals surface area contributed by atoms with E-state index in [0.29, 0.717) is 0 Å². The topological polar surface area (TPSA) is 541 Å². The van der Waals surface area contributed by atoms with Crippen LogP contribution in [0.25, 0.3) is 0 Å². The molecule has 5 fully saturated rings. The Morgan fingerprint density at radius 1 is 0.613 bits per heavy atom. The Morgan fingerprint density at radius 2 is 1.12 bits per heavy atom. The minimum absolute atomic E-state index is 0.274. The summed E-state index contributed by atoms with van der Waals surface area (Å²) in [5.74, 6) is -6.61. The van der Waals surface area contributed by atoms with Gasteiger partial charge in [-0.05, 0) is 0 Å². The highest BCUT2D eigenvalue weighted by Crippen LogP contribution is 2.37. The Hall–Kier alpha value is -3.16. The zero-order chi connectivity index (χ0) is 55.8. The van der Waals surface area contributed by atoms with Crippen molar-refractivity contribution in [2.75, 3.05) is 46.2 Å². The van der Waals surface area contributed by atoms with Crippen LogP contribution in [0.2, 0.25) is 0 Å². The van der Waals surface area contributed by atoms with Crippen molar-refractivity contribution in [2.45, 2.75) is 185 Å². The van der Waals surface area contributed by atoms with Crippen LogP contribution in [0, 0.1) is 0 Å². The molecule has 0 aromatic carbocycles. The summed E-state index contributed by atoms with van der Waals surface area (Å²) >= 11 is 0. The van der Waals surface area contributed by atoms with Crippen molar-refractivity contribution in [3.63, 3.8) is 0 Å². The second-order valence-corrected chi connectivity index (χ2v) is 18.4. The Balaban J connectivity index is 1.33. The molecule has 34 heteroatoms. The van der Waals surface area contributed by atoms with Crippen LogP contribution in [0.4, 0.5) is 0 Å². The van der Waals surface area contributed by atoms with Gasteiger partial charge in [0.25, 0.3) is 5.79 Å². The number of aliphatic hydroxyl groups is 16. The molecule has 20 N–H and O–H groups in total. The molecule has 0 unspecified atom stereocenters. The van der Waals surface area contributed by atoms with Gasteiger partial charge in [-0.1, -0.05) is 0 Å². The fourth-order valence-corrected chi connectivity index (χ4v) is 9.01. The molecule has 34 nitrogen and oxygen atoms in total. The monoisotopic (exact) mass is 1100 g/mol. The zero-order valence-corrected chi connectivity index (χ0v) is 40.1. The number of amides is 3. The van der Waals surface area contributed by atoms with E-state index in [0.717, 1.165) is 13.8 Å². The van der Waals surface area contributed by atoms with E-state index in [1.54, 1.807) is 0 Å². The van der Waals surface area contributed by atoms with E-state index in [1.807, 2.05) is 0 Å². The first kappa shape index (κ1) is 62.7. The van der Waals surface area contributed by atoms with Gasteiger partial charge in [0, 0.05) is 20.3 Å². The average Bonchev–Trinajstić information content (AvgIpc) is 3.37. The largest absolute Gasteiger partial charge is 0.477 e. The van der Waals surface area contributed by atoms with E-state index in [1.165, 1.54) is 0 Å². The molecule has 0 radical (unpaired) electrons. The van der Waals surface area contributed by atoms with Crippen LogP contribution in [-0.2, 0) is 66.5 Å². The van der Waals surface area contributed by atoms with Gasteiger partial charge in [0.1, 0.15) is 116 Å². The first-order valence-corrected chi connectivity index (χ1v) is 23.4. The van der Waals surface area contributed by atoms with E-state index < -0.39 is 236 Å².